The van der Waals surface area contributed by atoms with Crippen LogP contribution < -0.4 is 10.1 Å². The number of rotatable bonds is 11. The third-order valence-electron chi connectivity index (χ3n) is 5.00. The molecule has 0 saturated heterocycles. The first kappa shape index (κ1) is 26.6. The number of carboxylic acids is 1. The molecule has 1 atom stereocenters. The average Bonchev–Trinajstić information content (AvgIpc) is 3.30. The van der Waals surface area contributed by atoms with Gasteiger partial charge in [-0.2, -0.15) is 0 Å². The Kier molecular flexibility index (Phi) is 8.59. The highest BCUT2D eigenvalue weighted by molar-refractivity contribution is 6.32. The average molecular weight is 499 g/mol. The molecule has 0 radical (unpaired) electrons. The molecular weight excluding hydrogens is 468 g/mol. The SMILES string of the molecule is COc1nc2ccccc2cc1-c1cnc([C@H](COCCCC(=O)C(=O)O)NC(=O)OC(C)(C)C)[nH]1. The second-order valence-electron chi connectivity index (χ2n) is 9.03. The summed E-state index contributed by atoms with van der Waals surface area (Å²) >= 11 is 0. The van der Waals surface area contributed by atoms with Crippen molar-refractivity contribution in [3.63, 3.8) is 0 Å². The topological polar surface area (TPSA) is 153 Å². The van der Waals surface area contributed by atoms with Gasteiger partial charge in [0.15, 0.2) is 0 Å². The largest absolute Gasteiger partial charge is 0.480 e. The van der Waals surface area contributed by atoms with Gasteiger partial charge in [-0.1, -0.05) is 18.2 Å². The zero-order valence-electron chi connectivity index (χ0n) is 20.7. The van der Waals surface area contributed by atoms with E-state index in [1.165, 1.54) is 7.11 Å². The summed E-state index contributed by atoms with van der Waals surface area (Å²) < 4.78 is 16.5. The molecule has 1 aromatic carbocycles. The molecule has 11 nitrogen and oxygen atoms in total. The van der Waals surface area contributed by atoms with Crippen molar-refractivity contribution >= 4 is 28.7 Å². The fourth-order valence-electron chi connectivity index (χ4n) is 3.38. The molecule has 36 heavy (non-hydrogen) atoms. The van der Waals surface area contributed by atoms with Crippen molar-refractivity contribution in [2.75, 3.05) is 20.3 Å². The fraction of sp³-hybridized carbons (Fsp3) is 0.400. The lowest BCUT2D eigenvalue weighted by Gasteiger charge is -2.23. The number of carbonyl (C=O) groups is 3. The summed E-state index contributed by atoms with van der Waals surface area (Å²) in [5.41, 5.74) is 1.41. The first-order chi connectivity index (χ1) is 17.1. The van der Waals surface area contributed by atoms with E-state index in [0.29, 0.717) is 23.0 Å². The number of ketones is 1. The van der Waals surface area contributed by atoms with Crippen LogP contribution >= 0.6 is 0 Å². The Morgan fingerprint density at radius 3 is 2.64 bits per heavy atom. The highest BCUT2D eigenvalue weighted by Crippen LogP contribution is 2.31. The number of hydrogen-bond donors (Lipinski definition) is 3. The predicted molar refractivity (Wildman–Crippen MR) is 131 cm³/mol. The molecule has 0 aliphatic carbocycles. The zero-order valence-corrected chi connectivity index (χ0v) is 20.7. The molecule has 2 aromatic heterocycles. The van der Waals surface area contributed by atoms with Gasteiger partial charge in [-0.15, -0.1) is 0 Å². The van der Waals surface area contributed by atoms with Crippen molar-refractivity contribution in [3.05, 3.63) is 42.4 Å². The Morgan fingerprint density at radius 2 is 1.94 bits per heavy atom. The number of nitrogens with zero attached hydrogens (tertiary/aromatic N) is 2. The molecule has 0 fully saturated rings. The summed E-state index contributed by atoms with van der Waals surface area (Å²) in [5, 5.41) is 12.3. The maximum Gasteiger partial charge on any atom is 0.408 e. The van der Waals surface area contributed by atoms with Crippen LogP contribution in [0.2, 0.25) is 0 Å². The van der Waals surface area contributed by atoms with Crippen LogP contribution in [0.3, 0.4) is 0 Å². The summed E-state index contributed by atoms with van der Waals surface area (Å²) in [6.07, 6.45) is 1.05. The van der Waals surface area contributed by atoms with E-state index in [-0.39, 0.29) is 26.1 Å². The smallest absolute Gasteiger partial charge is 0.408 e. The minimum Gasteiger partial charge on any atom is -0.480 e. The number of para-hydroxylation sites is 1. The number of aliphatic carboxylic acids is 1. The third-order valence-corrected chi connectivity index (χ3v) is 5.00. The summed E-state index contributed by atoms with van der Waals surface area (Å²) in [6, 6.07) is 8.88. The van der Waals surface area contributed by atoms with Crippen molar-refractivity contribution in [1.82, 2.24) is 20.3 Å². The molecule has 3 rings (SSSR count). The second kappa shape index (κ2) is 11.6. The fourth-order valence-corrected chi connectivity index (χ4v) is 3.38. The Labute approximate surface area is 208 Å². The second-order valence-corrected chi connectivity index (χ2v) is 9.03. The number of hydrogen-bond acceptors (Lipinski definition) is 8. The van der Waals surface area contributed by atoms with Gasteiger partial charge in [-0.3, -0.25) is 4.79 Å². The Bertz CT molecular complexity index is 1230. The van der Waals surface area contributed by atoms with Crippen molar-refractivity contribution in [2.24, 2.45) is 0 Å². The maximum atomic E-state index is 12.4. The number of H-pyrrole nitrogens is 1. The van der Waals surface area contributed by atoms with Crippen LogP contribution in [0.25, 0.3) is 22.2 Å². The third kappa shape index (κ3) is 7.25. The first-order valence-corrected chi connectivity index (χ1v) is 11.4. The molecule has 0 bridgehead atoms. The van der Waals surface area contributed by atoms with Gasteiger partial charge in [0, 0.05) is 18.4 Å². The molecular formula is C25H30N4O7. The highest BCUT2D eigenvalue weighted by atomic mass is 16.6. The van der Waals surface area contributed by atoms with E-state index in [9.17, 15) is 14.4 Å². The monoisotopic (exact) mass is 498 g/mol. The standard InChI is InChI=1S/C25H30N4O7/c1-25(2,3)36-24(33)29-19(14-35-11-7-10-20(30)23(31)32)21-26-13-18(27-21)16-12-15-8-5-6-9-17(15)28-22(16)34-4/h5-6,8-9,12-13,19H,7,10-11,14H2,1-4H3,(H,26,27)(H,29,33)(H,31,32)/t19-/m0/s1. The zero-order chi connectivity index (χ0) is 26.3. The summed E-state index contributed by atoms with van der Waals surface area (Å²) in [5.74, 6) is -1.52. The lowest BCUT2D eigenvalue weighted by atomic mass is 10.1. The van der Waals surface area contributed by atoms with Gasteiger partial charge < -0.3 is 29.6 Å². The molecule has 0 aliphatic heterocycles. The van der Waals surface area contributed by atoms with Crippen LogP contribution in [0.15, 0.2) is 36.5 Å². The van der Waals surface area contributed by atoms with E-state index in [4.69, 9.17) is 19.3 Å². The van der Waals surface area contributed by atoms with E-state index in [1.54, 1.807) is 27.0 Å². The van der Waals surface area contributed by atoms with Gasteiger partial charge in [0.2, 0.25) is 11.7 Å². The normalized spacial score (nSPS) is 12.2. The minimum atomic E-state index is -1.47. The molecule has 0 saturated carbocycles. The number of ether oxygens (including phenoxy) is 3. The summed E-state index contributed by atoms with van der Waals surface area (Å²) in [7, 11) is 1.54. The summed E-state index contributed by atoms with van der Waals surface area (Å²) in [6.45, 7) is 5.40. The van der Waals surface area contributed by atoms with Crippen molar-refractivity contribution in [1.29, 1.82) is 0 Å². The van der Waals surface area contributed by atoms with Crippen LogP contribution in [-0.2, 0) is 19.1 Å². The van der Waals surface area contributed by atoms with Gasteiger partial charge >= 0.3 is 12.1 Å². The van der Waals surface area contributed by atoms with Crippen LogP contribution in [-0.4, -0.2) is 63.8 Å². The van der Waals surface area contributed by atoms with Gasteiger partial charge in [-0.05, 0) is 39.3 Å². The molecule has 0 aliphatic rings. The number of alkyl carbamates (subject to hydrolysis) is 1. The van der Waals surface area contributed by atoms with E-state index in [1.807, 2.05) is 30.3 Å². The lowest BCUT2D eigenvalue weighted by molar-refractivity contribution is -0.149. The molecule has 0 unspecified atom stereocenters. The number of methoxy groups -OCH3 is 1. The number of nitrogens with one attached hydrogen (secondary N) is 2. The van der Waals surface area contributed by atoms with Crippen molar-refractivity contribution in [2.45, 2.75) is 45.3 Å². The van der Waals surface area contributed by atoms with Crippen molar-refractivity contribution < 1.29 is 33.7 Å². The Hall–Kier alpha value is -3.99. The van der Waals surface area contributed by atoms with Crippen LogP contribution in [0.4, 0.5) is 4.79 Å². The molecule has 1 amide bonds. The quantitative estimate of drug-likeness (QED) is 0.265. The van der Waals surface area contributed by atoms with Crippen molar-refractivity contribution in [3.8, 4) is 17.1 Å². The molecule has 0 spiro atoms. The van der Waals surface area contributed by atoms with Gasteiger partial charge in [-0.25, -0.2) is 19.6 Å². The van der Waals surface area contributed by atoms with Gasteiger partial charge in [0.1, 0.15) is 17.5 Å². The number of fused-ring (bicyclic) bond motifs is 1. The van der Waals surface area contributed by atoms with E-state index >= 15 is 0 Å². The first-order valence-electron chi connectivity index (χ1n) is 11.4. The number of carboxylic acid groups (broad SMARTS) is 1. The van der Waals surface area contributed by atoms with E-state index in [0.717, 1.165) is 10.9 Å². The van der Waals surface area contributed by atoms with E-state index < -0.39 is 29.5 Å². The summed E-state index contributed by atoms with van der Waals surface area (Å²) in [4.78, 5) is 46.5. The maximum absolute atomic E-state index is 12.4. The highest BCUT2D eigenvalue weighted by Gasteiger charge is 2.24. The van der Waals surface area contributed by atoms with Gasteiger partial charge in [0.25, 0.3) is 0 Å². The number of carbonyl (C=O) groups excluding carboxylic acids is 2. The number of amides is 1. The lowest BCUT2D eigenvalue weighted by Crippen LogP contribution is -2.37. The van der Waals surface area contributed by atoms with Crippen LogP contribution in [0.1, 0.15) is 45.5 Å². The van der Waals surface area contributed by atoms with Crippen LogP contribution in [0, 0.1) is 0 Å². The molecule has 3 N–H and O–H groups in total. The number of aromatic amines is 1. The predicted octanol–water partition coefficient (Wildman–Crippen LogP) is 3.65. The molecule has 3 aromatic rings. The number of Topliss-reactive ketones (excluding diaryl/α,β-unsaturated/α-hetero) is 1. The molecule has 11 heteroatoms. The number of imidazole rings is 1. The van der Waals surface area contributed by atoms with Gasteiger partial charge in [0.05, 0.1) is 36.7 Å². The Balaban J connectivity index is 1.79. The van der Waals surface area contributed by atoms with E-state index in [2.05, 4.69) is 20.3 Å². The number of pyridine rings is 1. The number of benzene rings is 1. The minimum absolute atomic E-state index is 0.0144. The van der Waals surface area contributed by atoms with Crippen LogP contribution in [0.5, 0.6) is 5.88 Å². The molecule has 2 heterocycles. The Morgan fingerprint density at radius 1 is 1.19 bits per heavy atom. The number of aromatic nitrogens is 3. The molecule has 192 valence electrons.